The summed E-state index contributed by atoms with van der Waals surface area (Å²) >= 11 is 0. The summed E-state index contributed by atoms with van der Waals surface area (Å²) in [5.74, 6) is 0.554. The van der Waals surface area contributed by atoms with Gasteiger partial charge >= 0.3 is 0 Å². The third-order valence-corrected chi connectivity index (χ3v) is 4.87. The zero-order chi connectivity index (χ0) is 18.8. The molecule has 0 aliphatic carbocycles. The lowest BCUT2D eigenvalue weighted by molar-refractivity contribution is 0.240. The molecule has 27 heavy (non-hydrogen) atoms. The third kappa shape index (κ3) is 3.46. The van der Waals surface area contributed by atoms with Crippen molar-refractivity contribution in [3.8, 4) is 17.5 Å². The maximum absolute atomic E-state index is 12.5. The number of benzene rings is 2. The molecule has 6 heteroatoms. The van der Waals surface area contributed by atoms with E-state index in [1.165, 1.54) is 0 Å². The number of hydrogen-bond donors (Lipinski definition) is 2. The molecule has 0 amide bonds. The van der Waals surface area contributed by atoms with Gasteiger partial charge in [0.1, 0.15) is 5.82 Å². The molecule has 1 aliphatic rings. The van der Waals surface area contributed by atoms with Gasteiger partial charge in [0.2, 0.25) is 0 Å². The Labute approximate surface area is 156 Å². The van der Waals surface area contributed by atoms with Crippen molar-refractivity contribution in [2.75, 3.05) is 12.3 Å². The second kappa shape index (κ2) is 7.06. The molecule has 134 valence electrons. The Morgan fingerprint density at radius 3 is 2.74 bits per heavy atom. The molecular formula is C21H19N5O. The van der Waals surface area contributed by atoms with Crippen LogP contribution in [0.5, 0.6) is 0 Å². The second-order valence-corrected chi connectivity index (χ2v) is 6.69. The molecule has 0 saturated carbocycles. The third-order valence-electron chi connectivity index (χ3n) is 4.87. The van der Waals surface area contributed by atoms with Crippen LogP contribution in [0.15, 0.2) is 53.3 Å². The van der Waals surface area contributed by atoms with Gasteiger partial charge in [0.05, 0.1) is 17.3 Å². The molecule has 0 bridgehead atoms. The van der Waals surface area contributed by atoms with Crippen molar-refractivity contribution in [1.29, 1.82) is 5.26 Å². The van der Waals surface area contributed by atoms with Crippen LogP contribution in [0.2, 0.25) is 0 Å². The average Bonchev–Trinajstić information content (AvgIpc) is 2.68. The van der Waals surface area contributed by atoms with E-state index in [-0.39, 0.29) is 5.56 Å². The van der Waals surface area contributed by atoms with E-state index in [1.54, 1.807) is 12.1 Å². The van der Waals surface area contributed by atoms with Crippen LogP contribution in [-0.2, 0) is 19.5 Å². The highest BCUT2D eigenvalue weighted by atomic mass is 16.1. The van der Waals surface area contributed by atoms with Crippen molar-refractivity contribution in [2.45, 2.75) is 19.5 Å². The fraction of sp³-hybridized carbons (Fsp3) is 0.190. The van der Waals surface area contributed by atoms with Gasteiger partial charge in [-0.2, -0.15) is 5.26 Å². The first-order valence-corrected chi connectivity index (χ1v) is 8.82. The Hall–Kier alpha value is -3.43. The van der Waals surface area contributed by atoms with Crippen LogP contribution < -0.4 is 11.3 Å². The highest BCUT2D eigenvalue weighted by Gasteiger charge is 2.22. The maximum Gasteiger partial charge on any atom is 0.254 e. The first-order valence-electron chi connectivity index (χ1n) is 8.82. The van der Waals surface area contributed by atoms with E-state index in [9.17, 15) is 10.1 Å². The fourth-order valence-electron chi connectivity index (χ4n) is 3.41. The summed E-state index contributed by atoms with van der Waals surface area (Å²) in [5.41, 5.74) is 10.4. The summed E-state index contributed by atoms with van der Waals surface area (Å²) in [7, 11) is 0. The van der Waals surface area contributed by atoms with Gasteiger partial charge < -0.3 is 10.7 Å². The van der Waals surface area contributed by atoms with Crippen LogP contribution in [0.4, 0.5) is 5.69 Å². The first kappa shape index (κ1) is 17.0. The predicted molar refractivity (Wildman–Crippen MR) is 104 cm³/mol. The number of nitrogens with one attached hydrogen (secondary N) is 1. The molecule has 0 atom stereocenters. The van der Waals surface area contributed by atoms with Crippen LogP contribution in [0.3, 0.4) is 0 Å². The molecule has 0 radical (unpaired) electrons. The summed E-state index contributed by atoms with van der Waals surface area (Å²) in [5, 5.41) is 9.29. The number of nitrogens with zero attached hydrogens (tertiary/aromatic N) is 3. The van der Waals surface area contributed by atoms with Crippen LogP contribution in [0, 0.1) is 11.3 Å². The summed E-state index contributed by atoms with van der Waals surface area (Å²) in [4.78, 5) is 22.3. The normalized spacial score (nSPS) is 13.7. The molecule has 2 heterocycles. The Morgan fingerprint density at radius 1 is 1.19 bits per heavy atom. The molecule has 0 fully saturated rings. The van der Waals surface area contributed by atoms with Crippen LogP contribution in [0.25, 0.3) is 11.4 Å². The topological polar surface area (TPSA) is 98.8 Å². The number of nitrogens with two attached hydrogens (primary N) is 1. The monoisotopic (exact) mass is 357 g/mol. The van der Waals surface area contributed by atoms with Crippen molar-refractivity contribution in [3.63, 3.8) is 0 Å². The SMILES string of the molecule is N#Cc1ccccc1CN1CCc2c(nc(-c3ccc(N)cc3)[nH]c2=O)C1. The molecule has 4 rings (SSSR count). The number of fused-ring (bicyclic) bond motifs is 1. The van der Waals surface area contributed by atoms with Gasteiger partial charge in [-0.3, -0.25) is 9.69 Å². The van der Waals surface area contributed by atoms with E-state index in [1.807, 2.05) is 36.4 Å². The van der Waals surface area contributed by atoms with E-state index in [0.29, 0.717) is 36.6 Å². The van der Waals surface area contributed by atoms with E-state index in [4.69, 9.17) is 10.7 Å². The van der Waals surface area contributed by atoms with E-state index in [0.717, 1.165) is 28.9 Å². The Bertz CT molecular complexity index is 1080. The standard InChI is InChI=1S/C21H19N5O/c22-11-15-3-1-2-4-16(15)12-26-10-9-18-19(13-26)24-20(25-21(18)27)14-5-7-17(23)8-6-14/h1-8H,9-10,12-13,23H2,(H,24,25,27). The van der Waals surface area contributed by atoms with E-state index < -0.39 is 0 Å². The molecule has 2 aromatic carbocycles. The smallest absolute Gasteiger partial charge is 0.254 e. The number of aromatic amines is 1. The predicted octanol–water partition coefficient (Wildman–Crippen LogP) is 2.45. The first-order chi connectivity index (χ1) is 13.1. The minimum absolute atomic E-state index is 0.0797. The Balaban J connectivity index is 1.63. The summed E-state index contributed by atoms with van der Waals surface area (Å²) in [6.07, 6.45) is 0.647. The van der Waals surface area contributed by atoms with Crippen molar-refractivity contribution < 1.29 is 0 Å². The zero-order valence-electron chi connectivity index (χ0n) is 14.8. The number of hydrogen-bond acceptors (Lipinski definition) is 5. The Morgan fingerprint density at radius 2 is 1.96 bits per heavy atom. The van der Waals surface area contributed by atoms with E-state index >= 15 is 0 Å². The van der Waals surface area contributed by atoms with Gasteiger partial charge in [-0.25, -0.2) is 4.98 Å². The number of H-pyrrole nitrogens is 1. The highest BCUT2D eigenvalue weighted by Crippen LogP contribution is 2.21. The second-order valence-electron chi connectivity index (χ2n) is 6.69. The van der Waals surface area contributed by atoms with Crippen molar-refractivity contribution in [1.82, 2.24) is 14.9 Å². The van der Waals surface area contributed by atoms with Gasteiger partial charge in [0.15, 0.2) is 0 Å². The lowest BCUT2D eigenvalue weighted by atomic mass is 10.0. The van der Waals surface area contributed by atoms with Crippen molar-refractivity contribution in [2.24, 2.45) is 0 Å². The van der Waals surface area contributed by atoms with Gasteiger partial charge in [0.25, 0.3) is 5.56 Å². The minimum Gasteiger partial charge on any atom is -0.399 e. The summed E-state index contributed by atoms with van der Waals surface area (Å²) in [6, 6.07) is 17.1. The quantitative estimate of drug-likeness (QED) is 0.702. The molecule has 6 nitrogen and oxygen atoms in total. The Kier molecular flexibility index (Phi) is 4.45. The van der Waals surface area contributed by atoms with E-state index in [2.05, 4.69) is 16.0 Å². The fourth-order valence-corrected chi connectivity index (χ4v) is 3.41. The summed E-state index contributed by atoms with van der Waals surface area (Å²) < 4.78 is 0. The molecule has 0 spiro atoms. The van der Waals surface area contributed by atoms with Crippen LogP contribution in [0.1, 0.15) is 22.4 Å². The van der Waals surface area contributed by atoms with Gasteiger partial charge in [-0.1, -0.05) is 18.2 Å². The molecule has 1 aliphatic heterocycles. The van der Waals surface area contributed by atoms with Crippen LogP contribution in [-0.4, -0.2) is 21.4 Å². The molecule has 0 saturated heterocycles. The highest BCUT2D eigenvalue weighted by molar-refractivity contribution is 5.58. The maximum atomic E-state index is 12.5. The molecule has 3 N–H and O–H groups in total. The van der Waals surface area contributed by atoms with Gasteiger partial charge in [-0.15, -0.1) is 0 Å². The number of aromatic nitrogens is 2. The number of anilines is 1. The van der Waals surface area contributed by atoms with Gasteiger partial charge in [-0.05, 0) is 42.3 Å². The summed E-state index contributed by atoms with van der Waals surface area (Å²) in [6.45, 7) is 2.01. The largest absolute Gasteiger partial charge is 0.399 e. The number of rotatable bonds is 3. The van der Waals surface area contributed by atoms with Crippen molar-refractivity contribution in [3.05, 3.63) is 81.3 Å². The average molecular weight is 357 g/mol. The van der Waals surface area contributed by atoms with Crippen molar-refractivity contribution >= 4 is 5.69 Å². The lowest BCUT2D eigenvalue weighted by Gasteiger charge is -2.28. The number of nitrogen functional groups attached to an aromatic ring is 1. The molecule has 1 aromatic heterocycles. The number of nitriles is 1. The van der Waals surface area contributed by atoms with Gasteiger partial charge in [0, 0.05) is 36.4 Å². The molecule has 0 unspecified atom stereocenters. The molecular weight excluding hydrogens is 338 g/mol. The molecule has 3 aromatic rings. The minimum atomic E-state index is -0.0797. The zero-order valence-corrected chi connectivity index (χ0v) is 14.8. The van der Waals surface area contributed by atoms with Crippen LogP contribution >= 0.6 is 0 Å². The lowest BCUT2D eigenvalue weighted by Crippen LogP contribution is -2.35.